The molecule has 0 amide bonds. The minimum Gasteiger partial charge on any atom is -0.463 e. The summed E-state index contributed by atoms with van der Waals surface area (Å²) in [6.07, 6.45) is -0.949. The normalized spacial score (nSPS) is 13.2. The van der Waals surface area contributed by atoms with E-state index in [1.54, 1.807) is 13.8 Å². The summed E-state index contributed by atoms with van der Waals surface area (Å²) in [4.78, 5) is 10.8. The standard InChI is InChI=1S/C7H13ClO3/c1-5(2)11-7(10)3-6(9)4-8/h5-6,9H,3-4H2,1-2H3. The number of hydrogen-bond donors (Lipinski definition) is 1. The zero-order valence-electron chi connectivity index (χ0n) is 6.71. The lowest BCUT2D eigenvalue weighted by atomic mass is 10.3. The second-order valence-electron chi connectivity index (χ2n) is 2.55. The van der Waals surface area contributed by atoms with Gasteiger partial charge in [0.15, 0.2) is 0 Å². The molecule has 66 valence electrons. The Kier molecular flexibility index (Phi) is 5.24. The molecule has 1 N–H and O–H groups in total. The molecular weight excluding hydrogens is 168 g/mol. The van der Waals surface area contributed by atoms with Gasteiger partial charge in [0.1, 0.15) is 0 Å². The fourth-order valence-corrected chi connectivity index (χ4v) is 0.667. The summed E-state index contributed by atoms with van der Waals surface area (Å²) in [6, 6.07) is 0. The van der Waals surface area contributed by atoms with Crippen LogP contribution in [0.25, 0.3) is 0 Å². The highest BCUT2D eigenvalue weighted by Gasteiger charge is 2.11. The Morgan fingerprint density at radius 3 is 2.55 bits per heavy atom. The van der Waals surface area contributed by atoms with Crippen molar-refractivity contribution in [3.05, 3.63) is 0 Å². The Hall–Kier alpha value is -0.280. The van der Waals surface area contributed by atoms with Crippen LogP contribution in [-0.2, 0) is 9.53 Å². The minimum atomic E-state index is -0.789. The molecule has 0 saturated carbocycles. The van der Waals surface area contributed by atoms with Gasteiger partial charge in [-0.2, -0.15) is 0 Å². The van der Waals surface area contributed by atoms with Crippen LogP contribution < -0.4 is 0 Å². The maximum Gasteiger partial charge on any atom is 0.308 e. The average Bonchev–Trinajstić information content (AvgIpc) is 1.85. The van der Waals surface area contributed by atoms with Crippen LogP contribution in [0.4, 0.5) is 0 Å². The first-order valence-corrected chi connectivity index (χ1v) is 4.03. The van der Waals surface area contributed by atoms with Crippen LogP contribution in [0, 0.1) is 0 Å². The number of esters is 1. The lowest BCUT2D eigenvalue weighted by Crippen LogP contribution is -2.19. The largest absolute Gasteiger partial charge is 0.463 e. The Morgan fingerprint density at radius 2 is 2.18 bits per heavy atom. The predicted octanol–water partition coefficient (Wildman–Crippen LogP) is 0.928. The number of aliphatic hydroxyl groups is 1. The molecule has 0 saturated heterocycles. The number of aliphatic hydroxyl groups excluding tert-OH is 1. The van der Waals surface area contributed by atoms with E-state index in [1.165, 1.54) is 0 Å². The van der Waals surface area contributed by atoms with Crippen molar-refractivity contribution in [2.75, 3.05) is 5.88 Å². The van der Waals surface area contributed by atoms with Crippen LogP contribution in [0.1, 0.15) is 20.3 Å². The highest BCUT2D eigenvalue weighted by atomic mass is 35.5. The number of ether oxygens (including phenoxy) is 1. The molecule has 0 radical (unpaired) electrons. The Morgan fingerprint density at radius 1 is 1.64 bits per heavy atom. The number of halogens is 1. The fourth-order valence-electron chi connectivity index (χ4n) is 0.558. The second kappa shape index (κ2) is 5.38. The fraction of sp³-hybridized carbons (Fsp3) is 0.857. The van der Waals surface area contributed by atoms with Crippen LogP contribution in [-0.4, -0.2) is 29.2 Å². The van der Waals surface area contributed by atoms with Gasteiger partial charge in [-0.15, -0.1) is 11.6 Å². The quantitative estimate of drug-likeness (QED) is 0.517. The van der Waals surface area contributed by atoms with E-state index in [9.17, 15) is 4.79 Å². The molecular formula is C7H13ClO3. The van der Waals surface area contributed by atoms with Crippen LogP contribution in [0.15, 0.2) is 0 Å². The van der Waals surface area contributed by atoms with Crippen LogP contribution in [0.2, 0.25) is 0 Å². The van der Waals surface area contributed by atoms with Crippen molar-refractivity contribution < 1.29 is 14.6 Å². The van der Waals surface area contributed by atoms with E-state index in [1.807, 2.05) is 0 Å². The Labute approximate surface area is 71.3 Å². The van der Waals surface area contributed by atoms with Gasteiger partial charge >= 0.3 is 5.97 Å². The third-order valence-electron chi connectivity index (χ3n) is 0.948. The Balaban J connectivity index is 3.52. The number of alkyl halides is 1. The van der Waals surface area contributed by atoms with Crippen molar-refractivity contribution >= 4 is 17.6 Å². The first kappa shape index (κ1) is 10.7. The van der Waals surface area contributed by atoms with Crippen molar-refractivity contribution in [3.8, 4) is 0 Å². The van der Waals surface area contributed by atoms with Crippen molar-refractivity contribution in [2.24, 2.45) is 0 Å². The second-order valence-corrected chi connectivity index (χ2v) is 2.86. The van der Waals surface area contributed by atoms with E-state index in [4.69, 9.17) is 21.4 Å². The molecule has 0 bridgehead atoms. The van der Waals surface area contributed by atoms with Gasteiger partial charge in [-0.1, -0.05) is 0 Å². The molecule has 0 aromatic carbocycles. The van der Waals surface area contributed by atoms with Gasteiger partial charge in [0, 0.05) is 5.88 Å². The zero-order valence-corrected chi connectivity index (χ0v) is 7.47. The molecule has 11 heavy (non-hydrogen) atoms. The van der Waals surface area contributed by atoms with E-state index in [2.05, 4.69) is 0 Å². The summed E-state index contributed by atoms with van der Waals surface area (Å²) in [6.45, 7) is 3.51. The molecule has 0 heterocycles. The molecule has 3 nitrogen and oxygen atoms in total. The predicted molar refractivity (Wildman–Crippen MR) is 42.6 cm³/mol. The summed E-state index contributed by atoms with van der Waals surface area (Å²) >= 11 is 5.27. The summed E-state index contributed by atoms with van der Waals surface area (Å²) in [5.41, 5.74) is 0. The highest BCUT2D eigenvalue weighted by Crippen LogP contribution is 1.99. The molecule has 1 atom stereocenters. The summed E-state index contributed by atoms with van der Waals surface area (Å²) in [5, 5.41) is 8.91. The van der Waals surface area contributed by atoms with Gasteiger partial charge in [0.2, 0.25) is 0 Å². The number of hydrogen-bond acceptors (Lipinski definition) is 3. The van der Waals surface area contributed by atoms with E-state index in [0.717, 1.165) is 0 Å². The van der Waals surface area contributed by atoms with Crippen LogP contribution in [0.5, 0.6) is 0 Å². The molecule has 0 fully saturated rings. The van der Waals surface area contributed by atoms with Gasteiger partial charge in [-0.3, -0.25) is 4.79 Å². The molecule has 0 rings (SSSR count). The summed E-state index contributed by atoms with van der Waals surface area (Å²) in [5.74, 6) is -0.346. The SMILES string of the molecule is CC(C)OC(=O)CC(O)CCl. The van der Waals surface area contributed by atoms with Crippen molar-refractivity contribution in [1.29, 1.82) is 0 Å². The summed E-state index contributed by atoms with van der Waals surface area (Å²) < 4.78 is 4.77. The molecule has 1 unspecified atom stereocenters. The van der Waals surface area contributed by atoms with E-state index < -0.39 is 12.1 Å². The number of rotatable bonds is 4. The number of carbonyl (C=O) groups excluding carboxylic acids is 1. The lowest BCUT2D eigenvalue weighted by Gasteiger charge is -2.09. The Bertz CT molecular complexity index is 125. The van der Waals surface area contributed by atoms with Gasteiger partial charge in [0.05, 0.1) is 18.6 Å². The van der Waals surface area contributed by atoms with Gasteiger partial charge in [-0.25, -0.2) is 0 Å². The van der Waals surface area contributed by atoms with Gasteiger partial charge in [-0.05, 0) is 13.8 Å². The average molecular weight is 181 g/mol. The van der Waals surface area contributed by atoms with Gasteiger partial charge < -0.3 is 9.84 Å². The van der Waals surface area contributed by atoms with E-state index in [0.29, 0.717) is 0 Å². The molecule has 0 aromatic heterocycles. The first-order chi connectivity index (χ1) is 5.06. The zero-order chi connectivity index (χ0) is 8.85. The smallest absolute Gasteiger partial charge is 0.308 e. The molecule has 0 aliphatic carbocycles. The molecule has 0 aliphatic rings. The third kappa shape index (κ3) is 6.13. The maximum absolute atomic E-state index is 10.8. The van der Waals surface area contributed by atoms with Crippen LogP contribution >= 0.6 is 11.6 Å². The topological polar surface area (TPSA) is 46.5 Å². The molecule has 0 aromatic rings. The molecule has 4 heteroatoms. The van der Waals surface area contributed by atoms with Gasteiger partial charge in [0.25, 0.3) is 0 Å². The molecule has 0 spiro atoms. The third-order valence-corrected chi connectivity index (χ3v) is 1.30. The van der Waals surface area contributed by atoms with Crippen molar-refractivity contribution in [1.82, 2.24) is 0 Å². The monoisotopic (exact) mass is 180 g/mol. The van der Waals surface area contributed by atoms with E-state index in [-0.39, 0.29) is 18.4 Å². The first-order valence-electron chi connectivity index (χ1n) is 3.49. The maximum atomic E-state index is 10.8. The van der Waals surface area contributed by atoms with Crippen molar-refractivity contribution in [3.63, 3.8) is 0 Å². The summed E-state index contributed by atoms with van der Waals surface area (Å²) in [7, 11) is 0. The highest BCUT2D eigenvalue weighted by molar-refractivity contribution is 6.18. The number of carbonyl (C=O) groups is 1. The lowest BCUT2D eigenvalue weighted by molar-refractivity contribution is -0.149. The van der Waals surface area contributed by atoms with Crippen LogP contribution in [0.3, 0.4) is 0 Å². The minimum absolute atomic E-state index is 0.0261. The van der Waals surface area contributed by atoms with E-state index >= 15 is 0 Å². The van der Waals surface area contributed by atoms with Crippen molar-refractivity contribution in [2.45, 2.75) is 32.5 Å². The molecule has 0 aliphatic heterocycles.